The van der Waals surface area contributed by atoms with Gasteiger partial charge in [0, 0.05) is 16.8 Å². The summed E-state index contributed by atoms with van der Waals surface area (Å²) < 4.78 is 11.8. The largest absolute Gasteiger partial charge is 0.493 e. The number of aryl methyl sites for hydroxylation is 2. The first-order valence-electron chi connectivity index (χ1n) is 11.0. The number of amides is 1. The maximum Gasteiger partial charge on any atom is 0.255 e. The zero-order valence-electron chi connectivity index (χ0n) is 19.9. The minimum absolute atomic E-state index is 0.0952. The highest BCUT2D eigenvalue weighted by Crippen LogP contribution is 2.27. The first-order chi connectivity index (χ1) is 15.2. The maximum atomic E-state index is 12.9. The Labute approximate surface area is 191 Å². The van der Waals surface area contributed by atoms with Crippen molar-refractivity contribution in [2.24, 2.45) is 0 Å². The number of rotatable bonds is 7. The van der Waals surface area contributed by atoms with Gasteiger partial charge in [0.1, 0.15) is 18.1 Å². The Hall–Kier alpha value is -3.27. The van der Waals surface area contributed by atoms with Crippen molar-refractivity contribution in [1.82, 2.24) is 0 Å². The SMILES string of the molecule is CCOc1ccc(C(=O)Nc2cc(C)ccc2C)cc1COc1ccc(C(C)(C)C)cc1. The second kappa shape index (κ2) is 9.90. The van der Waals surface area contributed by atoms with E-state index in [9.17, 15) is 4.79 Å². The van der Waals surface area contributed by atoms with Crippen molar-refractivity contribution in [2.45, 2.75) is 53.6 Å². The molecule has 0 fully saturated rings. The Morgan fingerprint density at radius 2 is 1.62 bits per heavy atom. The third-order valence-corrected chi connectivity index (χ3v) is 5.38. The number of hydrogen-bond acceptors (Lipinski definition) is 3. The molecule has 0 radical (unpaired) electrons. The van der Waals surface area contributed by atoms with Crippen LogP contribution in [0.25, 0.3) is 0 Å². The molecule has 168 valence electrons. The molecule has 0 saturated heterocycles. The predicted molar refractivity (Wildman–Crippen MR) is 131 cm³/mol. The number of nitrogens with one attached hydrogen (secondary N) is 1. The standard InChI is InChI=1S/C28H33NO3/c1-7-31-26-15-10-21(27(30)29-25-16-19(2)8-9-20(25)3)17-22(26)18-32-24-13-11-23(12-14-24)28(4,5)6/h8-17H,7,18H2,1-6H3,(H,29,30). The van der Waals surface area contributed by atoms with E-state index in [1.54, 1.807) is 6.07 Å². The number of carbonyl (C=O) groups excluding carboxylic acids is 1. The van der Waals surface area contributed by atoms with E-state index in [2.05, 4.69) is 38.2 Å². The van der Waals surface area contributed by atoms with E-state index in [1.165, 1.54) is 5.56 Å². The lowest BCUT2D eigenvalue weighted by atomic mass is 9.87. The van der Waals surface area contributed by atoms with Crippen LogP contribution in [0, 0.1) is 13.8 Å². The lowest BCUT2D eigenvalue weighted by Crippen LogP contribution is -2.14. The van der Waals surface area contributed by atoms with Crippen molar-refractivity contribution >= 4 is 11.6 Å². The smallest absolute Gasteiger partial charge is 0.255 e. The summed E-state index contributed by atoms with van der Waals surface area (Å²) in [4.78, 5) is 12.9. The molecule has 0 aliphatic heterocycles. The zero-order chi connectivity index (χ0) is 23.3. The third-order valence-electron chi connectivity index (χ3n) is 5.38. The van der Waals surface area contributed by atoms with Crippen LogP contribution in [0.15, 0.2) is 60.7 Å². The monoisotopic (exact) mass is 431 g/mol. The average Bonchev–Trinajstić information content (AvgIpc) is 2.75. The fourth-order valence-corrected chi connectivity index (χ4v) is 3.41. The minimum Gasteiger partial charge on any atom is -0.493 e. The van der Waals surface area contributed by atoms with Crippen LogP contribution in [0.3, 0.4) is 0 Å². The lowest BCUT2D eigenvalue weighted by Gasteiger charge is -2.19. The van der Waals surface area contributed by atoms with Gasteiger partial charge in [-0.25, -0.2) is 0 Å². The summed E-state index contributed by atoms with van der Waals surface area (Å²) in [5.74, 6) is 1.35. The van der Waals surface area contributed by atoms with Crippen molar-refractivity contribution in [2.75, 3.05) is 11.9 Å². The highest BCUT2D eigenvalue weighted by atomic mass is 16.5. The van der Waals surface area contributed by atoms with Crippen LogP contribution < -0.4 is 14.8 Å². The molecule has 0 aliphatic rings. The maximum absolute atomic E-state index is 12.9. The third kappa shape index (κ3) is 5.91. The first-order valence-corrected chi connectivity index (χ1v) is 11.0. The predicted octanol–water partition coefficient (Wildman–Crippen LogP) is 6.83. The van der Waals surface area contributed by atoms with Gasteiger partial charge in [0.2, 0.25) is 0 Å². The van der Waals surface area contributed by atoms with Crippen molar-refractivity contribution in [3.63, 3.8) is 0 Å². The van der Waals surface area contributed by atoms with Gasteiger partial charge < -0.3 is 14.8 Å². The van der Waals surface area contributed by atoms with Crippen LogP contribution in [0.1, 0.15) is 60.3 Å². The second-order valence-electron chi connectivity index (χ2n) is 9.09. The fraction of sp³-hybridized carbons (Fsp3) is 0.321. The normalized spacial score (nSPS) is 11.2. The topological polar surface area (TPSA) is 47.6 Å². The molecule has 32 heavy (non-hydrogen) atoms. The molecule has 3 aromatic carbocycles. The van der Waals surface area contributed by atoms with Gasteiger partial charge in [-0.15, -0.1) is 0 Å². The number of carbonyl (C=O) groups is 1. The molecule has 0 spiro atoms. The lowest BCUT2D eigenvalue weighted by molar-refractivity contribution is 0.102. The van der Waals surface area contributed by atoms with Crippen LogP contribution in [-0.2, 0) is 12.0 Å². The molecule has 1 amide bonds. The van der Waals surface area contributed by atoms with E-state index in [0.29, 0.717) is 18.8 Å². The molecule has 0 unspecified atom stereocenters. The molecule has 0 aromatic heterocycles. The summed E-state index contributed by atoms with van der Waals surface area (Å²) >= 11 is 0. The second-order valence-corrected chi connectivity index (χ2v) is 9.09. The van der Waals surface area contributed by atoms with Gasteiger partial charge in [0.25, 0.3) is 5.91 Å². The van der Waals surface area contributed by atoms with Gasteiger partial charge in [-0.05, 0) is 79.3 Å². The van der Waals surface area contributed by atoms with Crippen molar-refractivity contribution < 1.29 is 14.3 Å². The Balaban J connectivity index is 1.78. The summed E-state index contributed by atoms with van der Waals surface area (Å²) in [7, 11) is 0. The molecule has 3 aromatic rings. The Kier molecular flexibility index (Phi) is 7.24. The van der Waals surface area contributed by atoms with Crippen LogP contribution in [0.4, 0.5) is 5.69 Å². The summed E-state index contributed by atoms with van der Waals surface area (Å²) in [5.41, 5.74) is 5.70. The van der Waals surface area contributed by atoms with E-state index in [1.807, 2.05) is 63.2 Å². The first kappa shape index (κ1) is 23.4. The summed E-state index contributed by atoms with van der Waals surface area (Å²) in [6, 6.07) is 19.6. The summed E-state index contributed by atoms with van der Waals surface area (Å²) in [6.07, 6.45) is 0. The van der Waals surface area contributed by atoms with E-state index < -0.39 is 0 Å². The van der Waals surface area contributed by atoms with Crippen molar-refractivity contribution in [3.05, 3.63) is 88.5 Å². The van der Waals surface area contributed by atoms with Crippen molar-refractivity contribution in [1.29, 1.82) is 0 Å². The van der Waals surface area contributed by atoms with E-state index in [0.717, 1.165) is 33.9 Å². The fourth-order valence-electron chi connectivity index (χ4n) is 3.41. The van der Waals surface area contributed by atoms with E-state index in [4.69, 9.17) is 9.47 Å². The van der Waals surface area contributed by atoms with Gasteiger partial charge in [-0.1, -0.05) is 45.0 Å². The van der Waals surface area contributed by atoms with Crippen LogP contribution >= 0.6 is 0 Å². The van der Waals surface area contributed by atoms with Crippen LogP contribution in [0.2, 0.25) is 0 Å². The number of hydrogen-bond donors (Lipinski definition) is 1. The molecule has 3 rings (SSSR count). The molecular formula is C28H33NO3. The molecule has 0 heterocycles. The van der Waals surface area contributed by atoms with Gasteiger partial charge >= 0.3 is 0 Å². The summed E-state index contributed by atoms with van der Waals surface area (Å²) in [5, 5.41) is 3.02. The Morgan fingerprint density at radius 1 is 0.906 bits per heavy atom. The molecule has 4 nitrogen and oxygen atoms in total. The molecule has 4 heteroatoms. The van der Waals surface area contributed by atoms with Crippen LogP contribution in [0.5, 0.6) is 11.5 Å². The van der Waals surface area contributed by atoms with E-state index in [-0.39, 0.29) is 11.3 Å². The van der Waals surface area contributed by atoms with Gasteiger partial charge in [-0.3, -0.25) is 4.79 Å². The highest BCUT2D eigenvalue weighted by molar-refractivity contribution is 6.04. The zero-order valence-corrected chi connectivity index (χ0v) is 19.9. The average molecular weight is 432 g/mol. The molecule has 0 bridgehead atoms. The Morgan fingerprint density at radius 3 is 2.28 bits per heavy atom. The quantitative estimate of drug-likeness (QED) is 0.446. The van der Waals surface area contributed by atoms with Gasteiger partial charge in [0.15, 0.2) is 0 Å². The number of anilines is 1. The summed E-state index contributed by atoms with van der Waals surface area (Å²) in [6.45, 7) is 13.4. The highest BCUT2D eigenvalue weighted by Gasteiger charge is 2.15. The molecule has 1 N–H and O–H groups in total. The van der Waals surface area contributed by atoms with Crippen LogP contribution in [-0.4, -0.2) is 12.5 Å². The Bertz CT molecular complexity index is 1080. The molecule has 0 saturated carbocycles. The number of benzene rings is 3. The molecular weight excluding hydrogens is 398 g/mol. The number of ether oxygens (including phenoxy) is 2. The molecule has 0 aliphatic carbocycles. The minimum atomic E-state index is -0.155. The van der Waals surface area contributed by atoms with Gasteiger partial charge in [0.05, 0.1) is 6.61 Å². The van der Waals surface area contributed by atoms with Crippen molar-refractivity contribution in [3.8, 4) is 11.5 Å². The van der Waals surface area contributed by atoms with Gasteiger partial charge in [-0.2, -0.15) is 0 Å². The molecule has 0 atom stereocenters. The van der Waals surface area contributed by atoms with E-state index >= 15 is 0 Å².